The number of hydrogen-bond acceptors (Lipinski definition) is 5. The minimum Gasteiger partial charge on any atom is -0.335 e. The molecule has 0 N–H and O–H groups in total. The fourth-order valence-corrected chi connectivity index (χ4v) is 3.58. The summed E-state index contributed by atoms with van der Waals surface area (Å²) in [6.07, 6.45) is 0. The van der Waals surface area contributed by atoms with E-state index in [1.54, 1.807) is 7.05 Å². The molecule has 24 heavy (non-hydrogen) atoms. The molecule has 0 bridgehead atoms. The summed E-state index contributed by atoms with van der Waals surface area (Å²) in [4.78, 5) is 44.5. The maximum absolute atomic E-state index is 12.5. The predicted molar refractivity (Wildman–Crippen MR) is 90.5 cm³/mol. The summed E-state index contributed by atoms with van der Waals surface area (Å²) in [6.45, 7) is 1.66. The summed E-state index contributed by atoms with van der Waals surface area (Å²) in [6, 6.07) is 7.12. The summed E-state index contributed by atoms with van der Waals surface area (Å²) < 4.78 is 1.06. The number of likely N-dealkylation sites (N-methyl/N-ethyl adjacent to an activating group) is 2. The predicted octanol–water partition coefficient (Wildman–Crippen LogP) is 1.71. The lowest BCUT2D eigenvalue weighted by Gasteiger charge is -2.25. The van der Waals surface area contributed by atoms with Gasteiger partial charge in [-0.2, -0.15) is 0 Å². The highest BCUT2D eigenvalue weighted by atomic mass is 32.1. The van der Waals surface area contributed by atoms with Crippen LogP contribution in [-0.4, -0.2) is 64.7 Å². The van der Waals surface area contributed by atoms with E-state index in [1.165, 1.54) is 28.2 Å². The molecule has 7 nitrogen and oxygen atoms in total. The number of rotatable bonds is 4. The van der Waals surface area contributed by atoms with E-state index in [2.05, 4.69) is 4.98 Å². The smallest absolute Gasteiger partial charge is 0.327 e. The average Bonchev–Trinajstić information content (AvgIpc) is 3.10. The molecule has 0 unspecified atom stereocenters. The van der Waals surface area contributed by atoms with E-state index in [9.17, 15) is 14.4 Å². The van der Waals surface area contributed by atoms with E-state index in [0.29, 0.717) is 0 Å². The first-order chi connectivity index (χ1) is 11.4. The topological polar surface area (TPSA) is 73.8 Å². The van der Waals surface area contributed by atoms with Crippen LogP contribution in [0, 0.1) is 0 Å². The van der Waals surface area contributed by atoms with Crippen molar-refractivity contribution in [2.24, 2.45) is 0 Å². The number of urea groups is 1. The molecule has 1 atom stereocenters. The molecule has 0 radical (unpaired) electrons. The van der Waals surface area contributed by atoms with Crippen molar-refractivity contribution in [3.63, 3.8) is 0 Å². The van der Waals surface area contributed by atoms with Gasteiger partial charge in [0.05, 0.1) is 16.3 Å². The van der Waals surface area contributed by atoms with Gasteiger partial charge in [-0.15, -0.1) is 11.3 Å². The zero-order valence-corrected chi connectivity index (χ0v) is 14.5. The summed E-state index contributed by atoms with van der Waals surface area (Å²) in [5, 5.41) is 0.822. The van der Waals surface area contributed by atoms with E-state index in [4.69, 9.17) is 0 Å². The number of fused-ring (bicyclic) bond motifs is 1. The first-order valence-electron chi connectivity index (χ1n) is 7.55. The van der Waals surface area contributed by atoms with Crippen LogP contribution in [0.2, 0.25) is 0 Å². The Balaban J connectivity index is 1.73. The van der Waals surface area contributed by atoms with Gasteiger partial charge in [-0.3, -0.25) is 14.5 Å². The molecule has 1 aromatic carbocycles. The molecule has 8 heteroatoms. The van der Waals surface area contributed by atoms with Crippen LogP contribution in [0.4, 0.5) is 4.79 Å². The third-order valence-corrected chi connectivity index (χ3v) is 5.37. The van der Waals surface area contributed by atoms with Gasteiger partial charge in [-0.25, -0.2) is 9.78 Å². The molecular weight excluding hydrogens is 328 g/mol. The standard InChI is InChI=1S/C16H18N4O3S/c1-10(15-17-11-6-4-5-7-12(11)24-15)19(3)13(21)9-20-14(22)8-18(2)16(20)23/h4-7,10H,8-9H2,1-3H3/t10-/m1/s1. The van der Waals surface area contributed by atoms with Crippen LogP contribution < -0.4 is 0 Å². The van der Waals surface area contributed by atoms with Crippen LogP contribution in [0.1, 0.15) is 18.0 Å². The van der Waals surface area contributed by atoms with Gasteiger partial charge in [-0.05, 0) is 19.1 Å². The third kappa shape index (κ3) is 2.84. The van der Waals surface area contributed by atoms with Gasteiger partial charge in [0, 0.05) is 14.1 Å². The van der Waals surface area contributed by atoms with Crippen LogP contribution >= 0.6 is 11.3 Å². The zero-order valence-electron chi connectivity index (χ0n) is 13.7. The Hall–Kier alpha value is -2.48. The number of imide groups is 1. The lowest BCUT2D eigenvalue weighted by atomic mass is 10.3. The highest BCUT2D eigenvalue weighted by Gasteiger charge is 2.36. The van der Waals surface area contributed by atoms with Crippen molar-refractivity contribution in [1.82, 2.24) is 19.7 Å². The Morgan fingerprint density at radius 3 is 2.71 bits per heavy atom. The fraction of sp³-hybridized carbons (Fsp3) is 0.375. The van der Waals surface area contributed by atoms with Crippen molar-refractivity contribution in [2.75, 3.05) is 27.2 Å². The van der Waals surface area contributed by atoms with Crippen molar-refractivity contribution >= 4 is 39.4 Å². The normalized spacial score (nSPS) is 16.1. The van der Waals surface area contributed by atoms with Gasteiger partial charge in [0.2, 0.25) is 5.91 Å². The molecule has 1 fully saturated rings. The van der Waals surface area contributed by atoms with Gasteiger partial charge in [0.25, 0.3) is 5.91 Å². The first kappa shape index (κ1) is 16.4. The number of carbonyl (C=O) groups excluding carboxylic acids is 3. The number of aromatic nitrogens is 1. The number of thiazole rings is 1. The highest BCUT2D eigenvalue weighted by Crippen LogP contribution is 2.28. The van der Waals surface area contributed by atoms with E-state index in [1.807, 2.05) is 31.2 Å². The maximum atomic E-state index is 12.5. The Morgan fingerprint density at radius 1 is 1.38 bits per heavy atom. The third-order valence-electron chi connectivity index (χ3n) is 4.17. The number of benzene rings is 1. The molecule has 1 saturated heterocycles. The quantitative estimate of drug-likeness (QED) is 0.790. The fourth-order valence-electron chi connectivity index (χ4n) is 2.52. The number of amides is 4. The molecule has 0 spiro atoms. The minimum absolute atomic E-state index is 0.0171. The Bertz CT molecular complexity index is 786. The second-order valence-electron chi connectivity index (χ2n) is 5.82. The van der Waals surface area contributed by atoms with E-state index in [-0.39, 0.29) is 30.9 Å². The van der Waals surface area contributed by atoms with E-state index >= 15 is 0 Å². The number of carbonyl (C=O) groups is 3. The average molecular weight is 346 g/mol. The zero-order chi connectivity index (χ0) is 17.4. The molecule has 2 heterocycles. The Morgan fingerprint density at radius 2 is 2.08 bits per heavy atom. The summed E-state index contributed by atoms with van der Waals surface area (Å²) in [7, 11) is 3.20. The van der Waals surface area contributed by atoms with E-state index < -0.39 is 6.03 Å². The van der Waals surface area contributed by atoms with Gasteiger partial charge >= 0.3 is 6.03 Å². The Kier molecular flexibility index (Phi) is 4.23. The monoisotopic (exact) mass is 346 g/mol. The molecule has 1 aliphatic rings. The SMILES string of the molecule is C[C@H](c1nc2ccccc2s1)N(C)C(=O)CN1C(=O)CN(C)C1=O. The molecule has 2 aromatic rings. The van der Waals surface area contributed by atoms with Crippen molar-refractivity contribution in [1.29, 1.82) is 0 Å². The molecule has 1 aromatic heterocycles. The maximum Gasteiger partial charge on any atom is 0.327 e. The first-order valence-corrected chi connectivity index (χ1v) is 8.36. The van der Waals surface area contributed by atoms with Crippen LogP contribution in [0.5, 0.6) is 0 Å². The molecule has 126 valence electrons. The minimum atomic E-state index is -0.436. The van der Waals surface area contributed by atoms with Crippen molar-refractivity contribution in [3.8, 4) is 0 Å². The highest BCUT2D eigenvalue weighted by molar-refractivity contribution is 7.18. The summed E-state index contributed by atoms with van der Waals surface area (Å²) >= 11 is 1.53. The van der Waals surface area contributed by atoms with Crippen LogP contribution in [0.3, 0.4) is 0 Å². The number of nitrogens with zero attached hydrogens (tertiary/aromatic N) is 4. The molecule has 1 aliphatic heterocycles. The van der Waals surface area contributed by atoms with Crippen LogP contribution in [-0.2, 0) is 9.59 Å². The molecule has 3 rings (SSSR count). The van der Waals surface area contributed by atoms with Crippen molar-refractivity contribution in [3.05, 3.63) is 29.3 Å². The summed E-state index contributed by atoms with van der Waals surface area (Å²) in [5.74, 6) is -0.643. The molecule has 0 saturated carbocycles. The van der Waals surface area contributed by atoms with Crippen LogP contribution in [0.15, 0.2) is 24.3 Å². The summed E-state index contributed by atoms with van der Waals surface area (Å²) in [5.41, 5.74) is 0.900. The van der Waals surface area contributed by atoms with Crippen molar-refractivity contribution < 1.29 is 14.4 Å². The lowest BCUT2D eigenvalue weighted by Crippen LogP contribution is -2.42. The molecule has 4 amide bonds. The van der Waals surface area contributed by atoms with Gasteiger partial charge < -0.3 is 9.80 Å². The van der Waals surface area contributed by atoms with Gasteiger partial charge in [0.15, 0.2) is 0 Å². The van der Waals surface area contributed by atoms with E-state index in [0.717, 1.165) is 20.1 Å². The largest absolute Gasteiger partial charge is 0.335 e. The molecule has 0 aliphatic carbocycles. The lowest BCUT2D eigenvalue weighted by molar-refractivity contribution is -0.137. The molecular formula is C16H18N4O3S. The number of para-hydroxylation sites is 1. The van der Waals surface area contributed by atoms with Gasteiger partial charge in [0.1, 0.15) is 18.1 Å². The van der Waals surface area contributed by atoms with Crippen molar-refractivity contribution in [2.45, 2.75) is 13.0 Å². The second-order valence-corrected chi connectivity index (χ2v) is 6.88. The second kappa shape index (κ2) is 6.20. The van der Waals surface area contributed by atoms with Gasteiger partial charge in [-0.1, -0.05) is 12.1 Å². The number of hydrogen-bond donors (Lipinski definition) is 0. The van der Waals surface area contributed by atoms with Crippen LogP contribution in [0.25, 0.3) is 10.2 Å². The Labute approximate surface area is 143 Å².